The lowest BCUT2D eigenvalue weighted by molar-refractivity contribution is 0.450. The maximum atomic E-state index is 4.08. The minimum atomic E-state index is 0.260. The van der Waals surface area contributed by atoms with E-state index in [1.807, 2.05) is 10.7 Å². The first kappa shape index (κ1) is 12.7. The van der Waals surface area contributed by atoms with Gasteiger partial charge in [-0.2, -0.15) is 0 Å². The first-order chi connectivity index (χ1) is 8.81. The molecular weight excluding hydrogens is 226 g/mol. The van der Waals surface area contributed by atoms with Crippen LogP contribution < -0.4 is 5.32 Å². The molecule has 0 saturated carbocycles. The molecule has 0 aliphatic heterocycles. The van der Waals surface area contributed by atoms with Crippen LogP contribution in [0, 0.1) is 0 Å². The number of hydrogen-bond donors (Lipinski definition) is 1. The van der Waals surface area contributed by atoms with Crippen molar-refractivity contribution in [1.82, 2.24) is 25.5 Å². The molecule has 1 heterocycles. The summed E-state index contributed by atoms with van der Waals surface area (Å²) in [6.07, 6.45) is 0.936. The van der Waals surface area contributed by atoms with Crippen LogP contribution in [0.15, 0.2) is 30.3 Å². The van der Waals surface area contributed by atoms with Gasteiger partial charge < -0.3 is 5.32 Å². The third-order valence-corrected chi connectivity index (χ3v) is 2.89. The van der Waals surface area contributed by atoms with E-state index in [9.17, 15) is 0 Å². The molecule has 1 N–H and O–H groups in total. The van der Waals surface area contributed by atoms with Gasteiger partial charge in [-0.25, -0.2) is 4.68 Å². The highest BCUT2D eigenvalue weighted by molar-refractivity contribution is 5.15. The maximum Gasteiger partial charge on any atom is 0.165 e. The standard InChI is InChI=1S/C13H19N5/c1-3-14-10-13-15-16-17-18(13)11(2)9-12-7-5-4-6-8-12/h4-8,11,14H,3,9-10H2,1-2H3. The maximum absolute atomic E-state index is 4.08. The summed E-state index contributed by atoms with van der Waals surface area (Å²) < 4.78 is 1.90. The van der Waals surface area contributed by atoms with Crippen LogP contribution >= 0.6 is 0 Å². The Labute approximate surface area is 107 Å². The average Bonchev–Trinajstić information content (AvgIpc) is 2.86. The van der Waals surface area contributed by atoms with Crippen LogP contribution in [0.3, 0.4) is 0 Å². The SMILES string of the molecule is CCNCc1nnnn1C(C)Cc1ccccc1. The van der Waals surface area contributed by atoms with Crippen molar-refractivity contribution in [3.8, 4) is 0 Å². The van der Waals surface area contributed by atoms with Crippen LogP contribution in [-0.4, -0.2) is 26.8 Å². The fourth-order valence-electron chi connectivity index (χ4n) is 1.95. The van der Waals surface area contributed by atoms with Crippen LogP contribution in [-0.2, 0) is 13.0 Å². The second-order valence-electron chi connectivity index (χ2n) is 4.36. The largest absolute Gasteiger partial charge is 0.310 e. The molecule has 0 amide bonds. The first-order valence-electron chi connectivity index (χ1n) is 6.32. The van der Waals surface area contributed by atoms with E-state index < -0.39 is 0 Å². The molecule has 0 saturated heterocycles. The number of aromatic nitrogens is 4. The Morgan fingerprint density at radius 3 is 2.78 bits per heavy atom. The van der Waals surface area contributed by atoms with Crippen molar-refractivity contribution in [2.45, 2.75) is 32.9 Å². The lowest BCUT2D eigenvalue weighted by atomic mass is 10.1. The molecule has 1 aromatic heterocycles. The van der Waals surface area contributed by atoms with Crippen LogP contribution in [0.4, 0.5) is 0 Å². The fourth-order valence-corrected chi connectivity index (χ4v) is 1.95. The summed E-state index contributed by atoms with van der Waals surface area (Å²) in [5.41, 5.74) is 1.30. The molecule has 2 aromatic rings. The topological polar surface area (TPSA) is 55.6 Å². The van der Waals surface area contributed by atoms with Gasteiger partial charge in [-0.05, 0) is 35.9 Å². The van der Waals surface area contributed by atoms with Crippen molar-refractivity contribution >= 4 is 0 Å². The lowest BCUT2D eigenvalue weighted by Crippen LogP contribution is -2.20. The summed E-state index contributed by atoms with van der Waals surface area (Å²) in [7, 11) is 0. The molecule has 0 aliphatic rings. The van der Waals surface area contributed by atoms with Gasteiger partial charge in [0, 0.05) is 0 Å². The molecule has 96 valence electrons. The molecule has 0 bridgehead atoms. The van der Waals surface area contributed by atoms with Crippen molar-refractivity contribution in [3.05, 3.63) is 41.7 Å². The van der Waals surface area contributed by atoms with Crippen molar-refractivity contribution in [1.29, 1.82) is 0 Å². The van der Waals surface area contributed by atoms with E-state index in [1.54, 1.807) is 0 Å². The van der Waals surface area contributed by atoms with Gasteiger partial charge >= 0.3 is 0 Å². The Bertz CT molecular complexity index is 465. The molecule has 0 spiro atoms. The van der Waals surface area contributed by atoms with Gasteiger partial charge in [0.25, 0.3) is 0 Å². The van der Waals surface area contributed by atoms with E-state index in [0.717, 1.165) is 18.8 Å². The van der Waals surface area contributed by atoms with Gasteiger partial charge in [-0.15, -0.1) is 5.10 Å². The van der Waals surface area contributed by atoms with Crippen LogP contribution in [0.1, 0.15) is 31.3 Å². The number of nitrogens with zero attached hydrogens (tertiary/aromatic N) is 4. The summed E-state index contributed by atoms with van der Waals surface area (Å²) in [5.74, 6) is 0.889. The first-order valence-corrected chi connectivity index (χ1v) is 6.32. The Balaban J connectivity index is 2.04. The van der Waals surface area contributed by atoms with Crippen LogP contribution in [0.5, 0.6) is 0 Å². The van der Waals surface area contributed by atoms with Crippen molar-refractivity contribution < 1.29 is 0 Å². The molecule has 0 aliphatic carbocycles. The summed E-state index contributed by atoms with van der Waals surface area (Å²) in [4.78, 5) is 0. The van der Waals surface area contributed by atoms with Gasteiger partial charge in [0.15, 0.2) is 5.82 Å². The number of benzene rings is 1. The third kappa shape index (κ3) is 3.13. The Hall–Kier alpha value is -1.75. The van der Waals surface area contributed by atoms with Gasteiger partial charge in [0.2, 0.25) is 0 Å². The Kier molecular flexibility index (Phi) is 4.41. The Morgan fingerprint density at radius 2 is 2.06 bits per heavy atom. The molecule has 1 aromatic carbocycles. The van der Waals surface area contributed by atoms with Crippen molar-refractivity contribution in [2.75, 3.05) is 6.54 Å². The van der Waals surface area contributed by atoms with E-state index in [0.29, 0.717) is 6.54 Å². The highest BCUT2D eigenvalue weighted by Crippen LogP contribution is 2.13. The summed E-state index contributed by atoms with van der Waals surface area (Å²) in [6, 6.07) is 10.7. The van der Waals surface area contributed by atoms with Gasteiger partial charge in [0.05, 0.1) is 12.6 Å². The molecule has 5 heteroatoms. The molecule has 0 radical (unpaired) electrons. The zero-order valence-electron chi connectivity index (χ0n) is 10.9. The van der Waals surface area contributed by atoms with Gasteiger partial charge in [-0.1, -0.05) is 37.3 Å². The molecule has 0 fully saturated rings. The lowest BCUT2D eigenvalue weighted by Gasteiger charge is -2.13. The van der Waals surface area contributed by atoms with E-state index >= 15 is 0 Å². The quantitative estimate of drug-likeness (QED) is 0.839. The number of tetrazole rings is 1. The number of hydrogen-bond acceptors (Lipinski definition) is 4. The van der Waals surface area contributed by atoms with Crippen LogP contribution in [0.2, 0.25) is 0 Å². The molecule has 2 rings (SSSR count). The predicted molar refractivity (Wildman–Crippen MR) is 70.1 cm³/mol. The number of rotatable bonds is 6. The second kappa shape index (κ2) is 6.26. The number of nitrogens with one attached hydrogen (secondary N) is 1. The van der Waals surface area contributed by atoms with Gasteiger partial charge in [-0.3, -0.25) is 0 Å². The minimum Gasteiger partial charge on any atom is -0.310 e. The summed E-state index contributed by atoms with van der Waals surface area (Å²) in [6.45, 7) is 5.84. The van der Waals surface area contributed by atoms with Crippen molar-refractivity contribution in [3.63, 3.8) is 0 Å². The normalized spacial score (nSPS) is 12.6. The molecule has 1 unspecified atom stereocenters. The fraction of sp³-hybridized carbons (Fsp3) is 0.462. The molecule has 1 atom stereocenters. The predicted octanol–water partition coefficient (Wildman–Crippen LogP) is 1.59. The second-order valence-corrected chi connectivity index (χ2v) is 4.36. The van der Waals surface area contributed by atoms with E-state index in [1.165, 1.54) is 5.56 Å². The average molecular weight is 245 g/mol. The third-order valence-electron chi connectivity index (χ3n) is 2.89. The zero-order chi connectivity index (χ0) is 12.8. The van der Waals surface area contributed by atoms with E-state index in [2.05, 4.69) is 59.0 Å². The monoisotopic (exact) mass is 245 g/mol. The van der Waals surface area contributed by atoms with Crippen LogP contribution in [0.25, 0.3) is 0 Å². The highest BCUT2D eigenvalue weighted by Gasteiger charge is 2.12. The smallest absolute Gasteiger partial charge is 0.165 e. The van der Waals surface area contributed by atoms with Crippen molar-refractivity contribution in [2.24, 2.45) is 0 Å². The van der Waals surface area contributed by atoms with E-state index in [-0.39, 0.29) is 6.04 Å². The molecule has 18 heavy (non-hydrogen) atoms. The highest BCUT2D eigenvalue weighted by atomic mass is 15.6. The summed E-state index contributed by atoms with van der Waals surface area (Å²) >= 11 is 0. The van der Waals surface area contributed by atoms with Gasteiger partial charge in [0.1, 0.15) is 0 Å². The Morgan fingerprint density at radius 1 is 1.28 bits per heavy atom. The molecule has 5 nitrogen and oxygen atoms in total. The molecular formula is C13H19N5. The summed E-state index contributed by atoms with van der Waals surface area (Å²) in [5, 5.41) is 15.1. The van der Waals surface area contributed by atoms with E-state index in [4.69, 9.17) is 0 Å². The minimum absolute atomic E-state index is 0.260. The zero-order valence-corrected chi connectivity index (χ0v) is 10.9.